The average Bonchev–Trinajstić information content (AvgIpc) is 3.12. The number of ether oxygens (including phenoxy) is 2. The minimum absolute atomic E-state index is 0.151. The highest BCUT2D eigenvalue weighted by molar-refractivity contribution is 8.76. The molecule has 0 aromatic carbocycles. The molecule has 2 N–H and O–H groups in total. The van der Waals surface area contributed by atoms with Crippen molar-refractivity contribution in [3.8, 4) is 0 Å². The minimum Gasteiger partial charge on any atom is -0.467 e. The molecule has 0 saturated heterocycles. The summed E-state index contributed by atoms with van der Waals surface area (Å²) in [5, 5.41) is 5.63. The van der Waals surface area contributed by atoms with Crippen LogP contribution in [0.4, 0.5) is 0 Å². The number of esters is 2. The Morgan fingerprint density at radius 2 is 0.660 bits per heavy atom. The Morgan fingerprint density at radius 3 is 0.900 bits per heavy atom. The van der Waals surface area contributed by atoms with Crippen LogP contribution in [0.15, 0.2) is 0 Å². The van der Waals surface area contributed by atoms with E-state index >= 15 is 0 Å². The molecule has 0 rings (SSSR count). The quantitative estimate of drug-likeness (QED) is 0.0367. The molecule has 50 heavy (non-hydrogen) atoms. The van der Waals surface area contributed by atoms with Crippen LogP contribution in [0.3, 0.4) is 0 Å². The largest absolute Gasteiger partial charge is 0.467 e. The van der Waals surface area contributed by atoms with Crippen molar-refractivity contribution in [2.75, 3.05) is 25.7 Å². The van der Waals surface area contributed by atoms with E-state index in [4.69, 9.17) is 9.47 Å². The fourth-order valence-electron chi connectivity index (χ4n) is 5.99. The lowest BCUT2D eigenvalue weighted by Gasteiger charge is -2.18. The van der Waals surface area contributed by atoms with E-state index in [1.165, 1.54) is 164 Å². The van der Waals surface area contributed by atoms with Gasteiger partial charge in [0.15, 0.2) is 0 Å². The summed E-state index contributed by atoms with van der Waals surface area (Å²) in [4.78, 5) is 49.8. The van der Waals surface area contributed by atoms with Gasteiger partial charge in [0.1, 0.15) is 12.1 Å². The van der Waals surface area contributed by atoms with Gasteiger partial charge in [-0.1, -0.05) is 190 Å². The molecule has 2 atom stereocenters. The van der Waals surface area contributed by atoms with Crippen LogP contribution in [0, 0.1) is 0 Å². The van der Waals surface area contributed by atoms with E-state index in [0.29, 0.717) is 24.3 Å². The molecule has 0 aromatic rings. The van der Waals surface area contributed by atoms with Gasteiger partial charge in [-0.3, -0.25) is 9.59 Å². The number of nitrogens with one attached hydrogen (secondary N) is 2. The van der Waals surface area contributed by atoms with Crippen LogP contribution in [0.2, 0.25) is 0 Å². The number of hydrogen-bond acceptors (Lipinski definition) is 8. The normalized spacial score (nSPS) is 12.3. The second-order valence-electron chi connectivity index (χ2n) is 13.8. The van der Waals surface area contributed by atoms with E-state index in [1.54, 1.807) is 0 Å². The fraction of sp³-hybridized carbons (Fsp3) is 0.900. The van der Waals surface area contributed by atoms with Gasteiger partial charge in [0, 0.05) is 24.3 Å². The number of methoxy groups -OCH3 is 2. The Morgan fingerprint density at radius 1 is 0.420 bits per heavy atom. The molecular weight excluding hydrogens is 669 g/mol. The predicted molar refractivity (Wildman–Crippen MR) is 213 cm³/mol. The summed E-state index contributed by atoms with van der Waals surface area (Å²) in [6, 6.07) is -1.54. The average molecular weight is 745 g/mol. The summed E-state index contributed by atoms with van der Waals surface area (Å²) in [6.45, 7) is 4.51. The van der Waals surface area contributed by atoms with Crippen molar-refractivity contribution in [3.63, 3.8) is 0 Å². The maximum Gasteiger partial charge on any atom is 0.329 e. The first-order valence-electron chi connectivity index (χ1n) is 20.4. The molecule has 0 aromatic heterocycles. The fourth-order valence-corrected chi connectivity index (χ4v) is 8.29. The first-order valence-corrected chi connectivity index (χ1v) is 22.9. The van der Waals surface area contributed by atoms with E-state index in [-0.39, 0.29) is 11.8 Å². The van der Waals surface area contributed by atoms with Crippen molar-refractivity contribution in [3.05, 3.63) is 0 Å². The van der Waals surface area contributed by atoms with Gasteiger partial charge < -0.3 is 20.1 Å². The molecule has 0 aliphatic carbocycles. The second kappa shape index (κ2) is 37.3. The summed E-state index contributed by atoms with van der Waals surface area (Å²) in [5.74, 6) is -0.700. The van der Waals surface area contributed by atoms with E-state index in [9.17, 15) is 19.2 Å². The van der Waals surface area contributed by atoms with E-state index in [0.717, 1.165) is 38.5 Å². The van der Waals surface area contributed by atoms with Gasteiger partial charge in [-0.15, -0.1) is 0 Å². The van der Waals surface area contributed by atoms with Gasteiger partial charge in [0.25, 0.3) is 0 Å². The van der Waals surface area contributed by atoms with Crippen molar-refractivity contribution in [2.24, 2.45) is 0 Å². The maximum absolute atomic E-state index is 12.6. The summed E-state index contributed by atoms with van der Waals surface area (Å²) in [7, 11) is 5.34. The Kier molecular flexibility index (Phi) is 36.3. The summed E-state index contributed by atoms with van der Waals surface area (Å²) < 4.78 is 9.83. The number of unbranched alkanes of at least 4 members (excludes halogenated alkanes) is 24. The smallest absolute Gasteiger partial charge is 0.329 e. The SMILES string of the molecule is CCCCCCCCCCCCCCCC(=O)N[C@@H](CSSC[C@H](NC(=O)CCCCCCCCCCCCCCC)C(=O)OC)C(=O)OC. The van der Waals surface area contributed by atoms with Crippen molar-refractivity contribution in [2.45, 2.75) is 206 Å². The lowest BCUT2D eigenvalue weighted by molar-refractivity contribution is -0.144. The lowest BCUT2D eigenvalue weighted by atomic mass is 10.0. The van der Waals surface area contributed by atoms with Crippen molar-refractivity contribution in [1.29, 1.82) is 0 Å². The second-order valence-corrected chi connectivity index (χ2v) is 16.4. The Hall–Kier alpha value is -1.42. The van der Waals surface area contributed by atoms with Gasteiger partial charge in [-0.2, -0.15) is 0 Å². The molecule has 0 heterocycles. The molecule has 0 aliphatic rings. The number of carbonyl (C=O) groups excluding carboxylic acids is 4. The molecular formula is C40H76N2O6S2. The minimum atomic E-state index is -0.770. The third-order valence-corrected chi connectivity index (χ3v) is 11.6. The number of rotatable bonds is 37. The first kappa shape index (κ1) is 48.6. The summed E-state index contributed by atoms with van der Waals surface area (Å²) >= 11 is 0. The standard InChI is InChI=1S/C40H76N2O6S2/c1-5-7-9-11-13-15-17-19-21-23-25-27-29-31-37(43)41-35(39(45)47-3)33-49-50-34-36(40(46)48-4)42-38(44)32-30-28-26-24-22-20-18-16-14-12-10-8-6-2/h35-36H,5-34H2,1-4H3,(H,41,43)(H,42,44)/t35-,36-/m0/s1. The zero-order chi connectivity index (χ0) is 36.9. The number of hydrogen-bond donors (Lipinski definition) is 2. The highest BCUT2D eigenvalue weighted by Gasteiger charge is 2.24. The van der Waals surface area contributed by atoms with Crippen molar-refractivity contribution >= 4 is 45.3 Å². The van der Waals surface area contributed by atoms with Crippen LogP contribution in [-0.4, -0.2) is 61.6 Å². The zero-order valence-electron chi connectivity index (χ0n) is 32.6. The topological polar surface area (TPSA) is 111 Å². The third-order valence-electron chi connectivity index (χ3n) is 9.21. The summed E-state index contributed by atoms with van der Waals surface area (Å²) in [5.41, 5.74) is 0. The van der Waals surface area contributed by atoms with Crippen LogP contribution >= 0.6 is 21.6 Å². The van der Waals surface area contributed by atoms with E-state index in [2.05, 4.69) is 24.5 Å². The van der Waals surface area contributed by atoms with E-state index < -0.39 is 24.0 Å². The molecule has 0 bridgehead atoms. The van der Waals surface area contributed by atoms with Crippen molar-refractivity contribution < 1.29 is 28.7 Å². The summed E-state index contributed by atoms with van der Waals surface area (Å²) in [6.07, 6.45) is 33.1. The van der Waals surface area contributed by atoms with Crippen LogP contribution in [0.25, 0.3) is 0 Å². The van der Waals surface area contributed by atoms with Gasteiger partial charge in [-0.05, 0) is 12.8 Å². The van der Waals surface area contributed by atoms with Gasteiger partial charge in [0.2, 0.25) is 11.8 Å². The monoisotopic (exact) mass is 745 g/mol. The highest BCUT2D eigenvalue weighted by atomic mass is 33.1. The Balaban J connectivity index is 4.13. The molecule has 0 fully saturated rings. The first-order chi connectivity index (χ1) is 24.4. The molecule has 8 nitrogen and oxygen atoms in total. The van der Waals surface area contributed by atoms with Crippen LogP contribution in [0.5, 0.6) is 0 Å². The maximum atomic E-state index is 12.6. The van der Waals surface area contributed by atoms with E-state index in [1.807, 2.05) is 0 Å². The zero-order valence-corrected chi connectivity index (χ0v) is 34.3. The molecule has 0 radical (unpaired) electrons. The highest BCUT2D eigenvalue weighted by Crippen LogP contribution is 2.24. The molecule has 10 heteroatoms. The number of amides is 2. The van der Waals surface area contributed by atoms with Crippen LogP contribution in [-0.2, 0) is 28.7 Å². The van der Waals surface area contributed by atoms with Crippen molar-refractivity contribution in [1.82, 2.24) is 10.6 Å². The molecule has 0 aliphatic heterocycles. The third kappa shape index (κ3) is 31.3. The van der Waals surface area contributed by atoms with Gasteiger partial charge >= 0.3 is 11.9 Å². The lowest BCUT2D eigenvalue weighted by Crippen LogP contribution is -2.44. The Bertz CT molecular complexity index is 766. The van der Waals surface area contributed by atoms with Crippen LogP contribution < -0.4 is 10.6 Å². The molecule has 0 saturated carbocycles. The molecule has 294 valence electrons. The molecule has 0 spiro atoms. The van der Waals surface area contributed by atoms with Gasteiger partial charge in [-0.25, -0.2) is 9.59 Å². The Labute approximate surface area is 315 Å². The predicted octanol–water partition coefficient (Wildman–Crippen LogP) is 10.6. The molecule has 2 amide bonds. The number of carbonyl (C=O) groups is 4. The van der Waals surface area contributed by atoms with Gasteiger partial charge in [0.05, 0.1) is 14.2 Å². The van der Waals surface area contributed by atoms with Crippen LogP contribution in [0.1, 0.15) is 194 Å². The molecule has 0 unspecified atom stereocenters.